The SMILES string of the molecule is COc1cccc2c1OCC1C2=NOC1CO. The predicted molar refractivity (Wildman–Crippen MR) is 60.5 cm³/mol. The Morgan fingerprint density at radius 1 is 1.53 bits per heavy atom. The summed E-state index contributed by atoms with van der Waals surface area (Å²) in [5.74, 6) is 1.39. The Labute approximate surface area is 98.6 Å². The van der Waals surface area contributed by atoms with Gasteiger partial charge in [-0.3, -0.25) is 0 Å². The van der Waals surface area contributed by atoms with Gasteiger partial charge in [-0.05, 0) is 12.1 Å². The van der Waals surface area contributed by atoms with Crippen LogP contribution in [0.2, 0.25) is 0 Å². The van der Waals surface area contributed by atoms with Crippen LogP contribution in [0, 0.1) is 5.92 Å². The van der Waals surface area contributed by atoms with Crippen LogP contribution < -0.4 is 9.47 Å². The zero-order chi connectivity index (χ0) is 11.8. The highest BCUT2D eigenvalue weighted by atomic mass is 16.7. The van der Waals surface area contributed by atoms with Gasteiger partial charge in [-0.2, -0.15) is 0 Å². The maximum absolute atomic E-state index is 9.18. The van der Waals surface area contributed by atoms with Crippen molar-refractivity contribution in [2.45, 2.75) is 6.10 Å². The van der Waals surface area contributed by atoms with Gasteiger partial charge in [-0.15, -0.1) is 0 Å². The van der Waals surface area contributed by atoms with Crippen molar-refractivity contribution in [3.05, 3.63) is 23.8 Å². The predicted octanol–water partition coefficient (Wildman–Crippen LogP) is 0.799. The first-order valence-corrected chi connectivity index (χ1v) is 5.50. The summed E-state index contributed by atoms with van der Waals surface area (Å²) in [4.78, 5) is 5.20. The molecular weight excluding hydrogens is 222 g/mol. The maximum atomic E-state index is 9.18. The molecule has 2 atom stereocenters. The van der Waals surface area contributed by atoms with Crippen molar-refractivity contribution in [2.75, 3.05) is 20.3 Å². The van der Waals surface area contributed by atoms with Gasteiger partial charge >= 0.3 is 0 Å². The summed E-state index contributed by atoms with van der Waals surface area (Å²) in [6.07, 6.45) is -0.302. The monoisotopic (exact) mass is 235 g/mol. The van der Waals surface area contributed by atoms with Crippen LogP contribution >= 0.6 is 0 Å². The van der Waals surface area contributed by atoms with Crippen LogP contribution in [0.5, 0.6) is 11.5 Å². The van der Waals surface area contributed by atoms with Crippen molar-refractivity contribution >= 4 is 5.71 Å². The number of rotatable bonds is 2. The molecule has 1 aromatic carbocycles. The van der Waals surface area contributed by atoms with E-state index in [0.29, 0.717) is 18.1 Å². The van der Waals surface area contributed by atoms with E-state index in [1.54, 1.807) is 7.11 Å². The van der Waals surface area contributed by atoms with Gasteiger partial charge in [0.15, 0.2) is 17.6 Å². The van der Waals surface area contributed by atoms with Crippen molar-refractivity contribution in [1.82, 2.24) is 0 Å². The highest BCUT2D eigenvalue weighted by Gasteiger charge is 2.40. The molecule has 0 bridgehead atoms. The molecule has 2 heterocycles. The van der Waals surface area contributed by atoms with Gasteiger partial charge in [0.2, 0.25) is 0 Å². The fourth-order valence-corrected chi connectivity index (χ4v) is 2.24. The molecule has 1 N–H and O–H groups in total. The van der Waals surface area contributed by atoms with Crippen molar-refractivity contribution < 1.29 is 19.4 Å². The largest absolute Gasteiger partial charge is 0.493 e. The van der Waals surface area contributed by atoms with Crippen LogP contribution in [0.25, 0.3) is 0 Å². The number of methoxy groups -OCH3 is 1. The van der Waals surface area contributed by atoms with E-state index in [0.717, 1.165) is 11.3 Å². The number of oxime groups is 1. The molecule has 0 saturated heterocycles. The fraction of sp³-hybridized carbons (Fsp3) is 0.417. The number of nitrogens with zero attached hydrogens (tertiary/aromatic N) is 1. The molecule has 90 valence electrons. The minimum atomic E-state index is -0.302. The van der Waals surface area contributed by atoms with Crippen LogP contribution in [-0.4, -0.2) is 37.2 Å². The average molecular weight is 235 g/mol. The van der Waals surface area contributed by atoms with Crippen LogP contribution in [-0.2, 0) is 4.84 Å². The number of aliphatic hydroxyl groups is 1. The van der Waals surface area contributed by atoms with Crippen molar-refractivity contribution in [2.24, 2.45) is 11.1 Å². The first kappa shape index (κ1) is 10.4. The number of hydrogen-bond donors (Lipinski definition) is 1. The van der Waals surface area contributed by atoms with E-state index in [1.807, 2.05) is 18.2 Å². The standard InChI is InChI=1S/C12H13NO4/c1-15-9-4-2-3-7-11-8(6-16-12(7)9)10(5-14)17-13-11/h2-4,8,10,14H,5-6H2,1H3. The van der Waals surface area contributed by atoms with Gasteiger partial charge in [-0.25, -0.2) is 0 Å². The molecule has 17 heavy (non-hydrogen) atoms. The molecule has 0 radical (unpaired) electrons. The van der Waals surface area contributed by atoms with Crippen molar-refractivity contribution in [3.63, 3.8) is 0 Å². The maximum Gasteiger partial charge on any atom is 0.170 e. The number of aliphatic hydroxyl groups excluding tert-OH is 1. The second kappa shape index (κ2) is 3.92. The first-order chi connectivity index (χ1) is 8.35. The smallest absolute Gasteiger partial charge is 0.170 e. The highest BCUT2D eigenvalue weighted by Crippen LogP contribution is 2.39. The lowest BCUT2D eigenvalue weighted by atomic mass is 9.90. The molecule has 1 aromatic rings. The minimum absolute atomic E-state index is 0.000365. The quantitative estimate of drug-likeness (QED) is 0.823. The number of hydrogen-bond acceptors (Lipinski definition) is 5. The molecule has 0 fully saturated rings. The molecule has 0 amide bonds. The summed E-state index contributed by atoms with van der Waals surface area (Å²) < 4.78 is 10.9. The van der Waals surface area contributed by atoms with Crippen LogP contribution in [0.15, 0.2) is 23.4 Å². The summed E-state index contributed by atoms with van der Waals surface area (Å²) in [6.45, 7) is 0.401. The molecule has 3 rings (SSSR count). The normalized spacial score (nSPS) is 25.2. The van der Waals surface area contributed by atoms with Gasteiger partial charge in [0, 0.05) is 5.56 Å². The third-order valence-corrected chi connectivity index (χ3v) is 3.15. The van der Waals surface area contributed by atoms with Crippen molar-refractivity contribution in [3.8, 4) is 11.5 Å². The first-order valence-electron chi connectivity index (χ1n) is 5.50. The Morgan fingerprint density at radius 2 is 2.41 bits per heavy atom. The molecule has 2 aliphatic rings. The van der Waals surface area contributed by atoms with E-state index in [1.165, 1.54) is 0 Å². The molecule has 2 unspecified atom stereocenters. The average Bonchev–Trinajstić information content (AvgIpc) is 2.81. The molecule has 5 heteroatoms. The molecule has 0 spiro atoms. The number of fused-ring (bicyclic) bond motifs is 3. The van der Waals surface area contributed by atoms with Gasteiger partial charge in [0.05, 0.1) is 19.6 Å². The van der Waals surface area contributed by atoms with Crippen LogP contribution in [0.3, 0.4) is 0 Å². The Bertz CT molecular complexity index is 472. The van der Waals surface area contributed by atoms with Gasteiger partial charge in [0.1, 0.15) is 12.3 Å². The van der Waals surface area contributed by atoms with Gasteiger partial charge in [-0.1, -0.05) is 11.2 Å². The Morgan fingerprint density at radius 3 is 3.18 bits per heavy atom. The van der Waals surface area contributed by atoms with Crippen molar-refractivity contribution in [1.29, 1.82) is 0 Å². The van der Waals surface area contributed by atoms with E-state index < -0.39 is 0 Å². The zero-order valence-corrected chi connectivity index (χ0v) is 9.42. The lowest BCUT2D eigenvalue weighted by molar-refractivity contribution is 0.00828. The minimum Gasteiger partial charge on any atom is -0.493 e. The number of benzene rings is 1. The zero-order valence-electron chi connectivity index (χ0n) is 9.42. The summed E-state index contributed by atoms with van der Waals surface area (Å²) in [7, 11) is 1.61. The third kappa shape index (κ3) is 1.46. The van der Waals surface area contributed by atoms with E-state index >= 15 is 0 Å². The fourth-order valence-electron chi connectivity index (χ4n) is 2.24. The van der Waals surface area contributed by atoms with Gasteiger partial charge < -0.3 is 19.4 Å². The van der Waals surface area contributed by atoms with Crippen LogP contribution in [0.4, 0.5) is 0 Å². The summed E-state index contributed by atoms with van der Waals surface area (Å²) in [6, 6.07) is 5.66. The van der Waals surface area contributed by atoms with E-state index in [4.69, 9.17) is 14.3 Å². The molecular formula is C12H13NO4. The van der Waals surface area contributed by atoms with E-state index in [-0.39, 0.29) is 18.6 Å². The number of ether oxygens (including phenoxy) is 2. The van der Waals surface area contributed by atoms with E-state index in [2.05, 4.69) is 5.16 Å². The van der Waals surface area contributed by atoms with E-state index in [9.17, 15) is 5.11 Å². The molecule has 2 aliphatic heterocycles. The second-order valence-corrected chi connectivity index (χ2v) is 4.06. The Kier molecular flexibility index (Phi) is 2.40. The Balaban J connectivity index is 2.04. The second-order valence-electron chi connectivity index (χ2n) is 4.06. The van der Waals surface area contributed by atoms with Gasteiger partial charge in [0.25, 0.3) is 0 Å². The topological polar surface area (TPSA) is 60.3 Å². The Hall–Kier alpha value is -1.75. The lowest BCUT2D eigenvalue weighted by Crippen LogP contribution is -2.35. The molecule has 0 saturated carbocycles. The third-order valence-electron chi connectivity index (χ3n) is 3.15. The summed E-state index contributed by atoms with van der Waals surface area (Å²) in [5, 5.41) is 13.2. The molecule has 0 aliphatic carbocycles. The number of para-hydroxylation sites is 1. The molecule has 0 aromatic heterocycles. The molecule has 5 nitrogen and oxygen atoms in total. The lowest BCUT2D eigenvalue weighted by Gasteiger charge is -2.25. The highest BCUT2D eigenvalue weighted by molar-refractivity contribution is 6.06. The summed E-state index contributed by atoms with van der Waals surface area (Å²) in [5.41, 5.74) is 1.72. The summed E-state index contributed by atoms with van der Waals surface area (Å²) >= 11 is 0. The van der Waals surface area contributed by atoms with Crippen LogP contribution in [0.1, 0.15) is 5.56 Å².